The molecule has 0 bridgehead atoms. The number of carbonyl (C=O) groups is 2. The van der Waals surface area contributed by atoms with E-state index in [2.05, 4.69) is 81.1 Å². The highest BCUT2D eigenvalue weighted by Crippen LogP contribution is 2.36. The number of methoxy groups -OCH3 is 2. The van der Waals surface area contributed by atoms with Crippen molar-refractivity contribution in [3.05, 3.63) is 100 Å². The average Bonchev–Trinajstić information content (AvgIpc) is 3.03. The molecule has 0 amide bonds. The standard InChI is InChI=1S/C38H49NO5/c1-27(28-17-20-32(21-18-28)38(2,3)4)44-35-15-8-7-12-29(35)23-25-39(24-10-9-16-36(40)42-5)34-14-11-13-30-26-31(37(41)43-6)19-22-33(30)34/h7-8,12,15,17-22,26-27,34H,9-11,13-14,16,23-25H2,1-6H3/t27-,34?/m0/s1. The Kier molecular flexibility index (Phi) is 11.6. The first-order valence-corrected chi connectivity index (χ1v) is 16.0. The van der Waals surface area contributed by atoms with E-state index >= 15 is 0 Å². The van der Waals surface area contributed by atoms with E-state index in [1.54, 1.807) is 0 Å². The molecular formula is C38H49NO5. The molecule has 0 radical (unpaired) electrons. The minimum absolute atomic E-state index is 0.0752. The van der Waals surface area contributed by atoms with Gasteiger partial charge in [-0.15, -0.1) is 0 Å². The summed E-state index contributed by atoms with van der Waals surface area (Å²) in [6, 6.07) is 23.4. The Morgan fingerprint density at radius 3 is 2.39 bits per heavy atom. The highest BCUT2D eigenvalue weighted by Gasteiger charge is 2.27. The largest absolute Gasteiger partial charge is 0.486 e. The molecule has 0 saturated heterocycles. The molecule has 3 aromatic rings. The molecule has 3 aromatic carbocycles. The van der Waals surface area contributed by atoms with Gasteiger partial charge in [-0.2, -0.15) is 0 Å². The third kappa shape index (κ3) is 8.72. The van der Waals surface area contributed by atoms with Gasteiger partial charge in [-0.3, -0.25) is 9.69 Å². The zero-order valence-corrected chi connectivity index (χ0v) is 27.4. The maximum atomic E-state index is 12.2. The average molecular weight is 600 g/mol. The smallest absolute Gasteiger partial charge is 0.337 e. The van der Waals surface area contributed by atoms with Crippen LogP contribution in [0.25, 0.3) is 0 Å². The number of nitrogens with zero attached hydrogens (tertiary/aromatic N) is 1. The van der Waals surface area contributed by atoms with E-state index in [0.717, 1.165) is 62.9 Å². The quantitative estimate of drug-likeness (QED) is 0.146. The zero-order chi connectivity index (χ0) is 31.7. The molecule has 0 aromatic heterocycles. The number of benzene rings is 3. The minimum Gasteiger partial charge on any atom is -0.486 e. The summed E-state index contributed by atoms with van der Waals surface area (Å²) in [5.41, 5.74) is 6.87. The maximum Gasteiger partial charge on any atom is 0.337 e. The Labute approximate surface area is 263 Å². The second-order valence-corrected chi connectivity index (χ2v) is 12.9. The van der Waals surface area contributed by atoms with Gasteiger partial charge < -0.3 is 14.2 Å². The molecule has 2 atom stereocenters. The first-order chi connectivity index (χ1) is 21.1. The van der Waals surface area contributed by atoms with Crippen LogP contribution >= 0.6 is 0 Å². The lowest BCUT2D eigenvalue weighted by Gasteiger charge is -2.36. The molecule has 6 heteroatoms. The van der Waals surface area contributed by atoms with Gasteiger partial charge in [0, 0.05) is 19.0 Å². The van der Waals surface area contributed by atoms with Gasteiger partial charge in [-0.25, -0.2) is 4.79 Å². The second kappa shape index (κ2) is 15.4. The number of hydrogen-bond donors (Lipinski definition) is 0. The summed E-state index contributed by atoms with van der Waals surface area (Å²) >= 11 is 0. The summed E-state index contributed by atoms with van der Waals surface area (Å²) in [4.78, 5) is 26.5. The summed E-state index contributed by atoms with van der Waals surface area (Å²) in [6.07, 6.45) is 5.96. The molecular weight excluding hydrogens is 550 g/mol. The van der Waals surface area contributed by atoms with Gasteiger partial charge in [0.25, 0.3) is 0 Å². The van der Waals surface area contributed by atoms with Crippen LogP contribution in [0.4, 0.5) is 0 Å². The van der Waals surface area contributed by atoms with Crippen LogP contribution in [0.2, 0.25) is 0 Å². The molecule has 0 fully saturated rings. The molecule has 44 heavy (non-hydrogen) atoms. The number of unbranched alkanes of at least 4 members (excludes halogenated alkanes) is 1. The molecule has 0 spiro atoms. The number of aryl methyl sites for hydroxylation is 1. The van der Waals surface area contributed by atoms with Crippen molar-refractivity contribution >= 4 is 11.9 Å². The molecule has 0 aliphatic heterocycles. The third-order valence-corrected chi connectivity index (χ3v) is 8.78. The van der Waals surface area contributed by atoms with Crippen molar-refractivity contribution in [2.45, 2.75) is 90.2 Å². The van der Waals surface area contributed by atoms with E-state index in [1.165, 1.54) is 36.5 Å². The minimum atomic E-state index is -0.300. The third-order valence-electron chi connectivity index (χ3n) is 8.78. The highest BCUT2D eigenvalue weighted by atomic mass is 16.5. The molecule has 1 aliphatic carbocycles. The van der Waals surface area contributed by atoms with E-state index in [-0.39, 0.29) is 29.5 Å². The van der Waals surface area contributed by atoms with Gasteiger partial charge in [0.15, 0.2) is 0 Å². The van der Waals surface area contributed by atoms with Crippen LogP contribution in [0.5, 0.6) is 5.75 Å². The molecule has 236 valence electrons. The van der Waals surface area contributed by atoms with Crippen LogP contribution < -0.4 is 4.74 Å². The van der Waals surface area contributed by atoms with Crippen molar-refractivity contribution in [3.63, 3.8) is 0 Å². The van der Waals surface area contributed by atoms with Crippen molar-refractivity contribution in [2.24, 2.45) is 0 Å². The Bertz CT molecular complexity index is 1390. The topological polar surface area (TPSA) is 65.1 Å². The summed E-state index contributed by atoms with van der Waals surface area (Å²) in [5, 5.41) is 0. The number of para-hydroxylation sites is 1. The molecule has 1 aliphatic rings. The van der Waals surface area contributed by atoms with Crippen LogP contribution in [0.15, 0.2) is 66.7 Å². The fourth-order valence-electron chi connectivity index (χ4n) is 6.12. The molecule has 1 unspecified atom stereocenters. The van der Waals surface area contributed by atoms with Crippen molar-refractivity contribution in [1.29, 1.82) is 0 Å². The molecule has 4 rings (SSSR count). The highest BCUT2D eigenvalue weighted by molar-refractivity contribution is 5.89. The first kappa shape index (κ1) is 33.3. The zero-order valence-electron chi connectivity index (χ0n) is 27.4. The van der Waals surface area contributed by atoms with Crippen molar-refractivity contribution < 1.29 is 23.8 Å². The summed E-state index contributed by atoms with van der Waals surface area (Å²) in [7, 11) is 2.86. The molecule has 6 nitrogen and oxygen atoms in total. The number of rotatable bonds is 13. The van der Waals surface area contributed by atoms with Crippen LogP contribution in [0.3, 0.4) is 0 Å². The monoisotopic (exact) mass is 599 g/mol. The van der Waals surface area contributed by atoms with Gasteiger partial charge in [0.2, 0.25) is 0 Å². The number of esters is 2. The number of hydrogen-bond acceptors (Lipinski definition) is 6. The fourth-order valence-corrected chi connectivity index (χ4v) is 6.12. The Morgan fingerprint density at radius 2 is 1.68 bits per heavy atom. The van der Waals surface area contributed by atoms with E-state index in [4.69, 9.17) is 14.2 Å². The Morgan fingerprint density at radius 1 is 0.932 bits per heavy atom. The first-order valence-electron chi connectivity index (χ1n) is 16.0. The number of ether oxygens (including phenoxy) is 3. The summed E-state index contributed by atoms with van der Waals surface area (Å²) in [6.45, 7) is 10.5. The van der Waals surface area contributed by atoms with Gasteiger partial charge in [-0.05, 0) is 103 Å². The molecule has 0 N–H and O–H groups in total. The lowest BCUT2D eigenvalue weighted by molar-refractivity contribution is -0.140. The number of carbonyl (C=O) groups excluding carboxylic acids is 2. The van der Waals surface area contributed by atoms with Crippen LogP contribution in [-0.4, -0.2) is 44.1 Å². The normalized spacial score (nSPS) is 15.4. The van der Waals surface area contributed by atoms with E-state index in [0.29, 0.717) is 12.0 Å². The lowest BCUT2D eigenvalue weighted by atomic mass is 9.85. The molecule has 0 saturated carbocycles. The van der Waals surface area contributed by atoms with Crippen molar-refractivity contribution in [2.75, 3.05) is 27.3 Å². The lowest BCUT2D eigenvalue weighted by Crippen LogP contribution is -2.34. The van der Waals surface area contributed by atoms with Gasteiger partial charge >= 0.3 is 11.9 Å². The summed E-state index contributed by atoms with van der Waals surface area (Å²) < 4.78 is 16.4. The van der Waals surface area contributed by atoms with Crippen molar-refractivity contribution in [1.82, 2.24) is 4.90 Å². The summed E-state index contributed by atoms with van der Waals surface area (Å²) in [5.74, 6) is 0.450. The second-order valence-electron chi connectivity index (χ2n) is 12.9. The SMILES string of the molecule is COC(=O)CCCCN(CCc1ccccc1O[C@@H](C)c1ccc(C(C)(C)C)cc1)C1CCCc2cc(C(=O)OC)ccc21. The maximum absolute atomic E-state index is 12.2. The predicted octanol–water partition coefficient (Wildman–Crippen LogP) is 8.18. The number of fused-ring (bicyclic) bond motifs is 1. The van der Waals surface area contributed by atoms with E-state index < -0.39 is 0 Å². The van der Waals surface area contributed by atoms with Crippen molar-refractivity contribution in [3.8, 4) is 5.75 Å². The Hall–Kier alpha value is -3.64. The van der Waals surface area contributed by atoms with Gasteiger partial charge in [0.1, 0.15) is 11.9 Å². The van der Waals surface area contributed by atoms with Crippen LogP contribution in [0, 0.1) is 0 Å². The van der Waals surface area contributed by atoms with Crippen LogP contribution in [-0.2, 0) is 32.5 Å². The fraction of sp³-hybridized carbons (Fsp3) is 0.474. The van der Waals surface area contributed by atoms with Gasteiger partial charge in [-0.1, -0.05) is 69.3 Å². The van der Waals surface area contributed by atoms with Gasteiger partial charge in [0.05, 0.1) is 19.8 Å². The van der Waals surface area contributed by atoms with E-state index in [1.807, 2.05) is 18.2 Å². The van der Waals surface area contributed by atoms with Crippen LogP contribution in [0.1, 0.15) is 110 Å². The Balaban J connectivity index is 1.50. The molecule has 0 heterocycles. The van der Waals surface area contributed by atoms with E-state index in [9.17, 15) is 9.59 Å². The predicted molar refractivity (Wildman–Crippen MR) is 175 cm³/mol.